The van der Waals surface area contributed by atoms with Crippen molar-refractivity contribution >= 4 is 5.91 Å². The van der Waals surface area contributed by atoms with E-state index in [1.807, 2.05) is 17.0 Å². The summed E-state index contributed by atoms with van der Waals surface area (Å²) in [4.78, 5) is 16.8. The van der Waals surface area contributed by atoms with E-state index in [0.29, 0.717) is 30.3 Å². The fraction of sp³-hybridized carbons (Fsp3) is 0.650. The van der Waals surface area contributed by atoms with Gasteiger partial charge in [-0.2, -0.15) is 0 Å². The summed E-state index contributed by atoms with van der Waals surface area (Å²) in [5.41, 5.74) is 1.04. The summed E-state index contributed by atoms with van der Waals surface area (Å²) in [5, 5.41) is 3.34. The van der Waals surface area contributed by atoms with E-state index in [1.165, 1.54) is 0 Å². The number of amides is 1. The molecule has 0 saturated carbocycles. The minimum absolute atomic E-state index is 0.135. The minimum Gasteiger partial charge on any atom is -0.493 e. The summed E-state index contributed by atoms with van der Waals surface area (Å²) in [6.45, 7) is 6.04. The highest BCUT2D eigenvalue weighted by atomic mass is 16.5. The molecular weight excluding hydrogens is 362 g/mol. The maximum atomic E-state index is 12.5. The normalized spacial score (nSPS) is 20.7. The maximum absolute atomic E-state index is 12.5. The second kappa shape index (κ2) is 9.95. The monoisotopic (exact) mass is 393 g/mol. The fourth-order valence-corrected chi connectivity index (χ4v) is 3.77. The molecule has 156 valence electrons. The van der Waals surface area contributed by atoms with Crippen molar-refractivity contribution in [3.63, 3.8) is 0 Å². The van der Waals surface area contributed by atoms with Crippen LogP contribution in [0.4, 0.5) is 0 Å². The van der Waals surface area contributed by atoms with E-state index in [1.54, 1.807) is 21.3 Å². The van der Waals surface area contributed by atoms with Gasteiger partial charge in [-0.25, -0.2) is 0 Å². The topological polar surface area (TPSA) is 72.5 Å². The Morgan fingerprint density at radius 2 is 1.86 bits per heavy atom. The van der Waals surface area contributed by atoms with Crippen LogP contribution in [0.1, 0.15) is 12.0 Å². The van der Waals surface area contributed by atoms with Crippen molar-refractivity contribution in [1.82, 2.24) is 15.1 Å². The van der Waals surface area contributed by atoms with Crippen molar-refractivity contribution in [1.29, 1.82) is 0 Å². The van der Waals surface area contributed by atoms with Crippen LogP contribution < -0.4 is 19.5 Å². The standard InChI is InChI=1S/C20H31N3O5/c1-25-17-5-4-15(19(26-2)20(17)27-3)13-22-7-9-23(10-8-22)18(24)12-16-14-28-11-6-21-16/h4-5,16,21H,6-14H2,1-3H3. The second-order valence-electron chi connectivity index (χ2n) is 7.08. The number of benzene rings is 1. The van der Waals surface area contributed by atoms with E-state index in [2.05, 4.69) is 10.2 Å². The molecule has 0 spiro atoms. The van der Waals surface area contributed by atoms with Crippen LogP contribution in [0.25, 0.3) is 0 Å². The van der Waals surface area contributed by atoms with Crippen LogP contribution in [0.2, 0.25) is 0 Å². The van der Waals surface area contributed by atoms with Gasteiger partial charge in [-0.15, -0.1) is 0 Å². The number of rotatable bonds is 7. The van der Waals surface area contributed by atoms with E-state index in [0.717, 1.165) is 51.4 Å². The van der Waals surface area contributed by atoms with Crippen LogP contribution in [0.5, 0.6) is 17.2 Å². The summed E-state index contributed by atoms with van der Waals surface area (Å²) in [6.07, 6.45) is 0.503. The largest absolute Gasteiger partial charge is 0.493 e. The Morgan fingerprint density at radius 3 is 2.46 bits per heavy atom. The number of hydrogen-bond acceptors (Lipinski definition) is 7. The predicted octanol–water partition coefficient (Wildman–Crippen LogP) is 0.735. The summed E-state index contributed by atoms with van der Waals surface area (Å²) >= 11 is 0. The average Bonchev–Trinajstić information content (AvgIpc) is 2.74. The highest BCUT2D eigenvalue weighted by Gasteiger charge is 2.25. The Kier molecular flexibility index (Phi) is 7.36. The van der Waals surface area contributed by atoms with Crippen molar-refractivity contribution in [2.75, 3.05) is 67.3 Å². The molecule has 1 atom stereocenters. The summed E-state index contributed by atoms with van der Waals surface area (Å²) in [5.74, 6) is 2.16. The number of carbonyl (C=O) groups excluding carboxylic acids is 1. The van der Waals surface area contributed by atoms with Crippen LogP contribution in [-0.4, -0.2) is 89.0 Å². The number of hydrogen-bond donors (Lipinski definition) is 1. The molecule has 2 heterocycles. The van der Waals surface area contributed by atoms with E-state index < -0.39 is 0 Å². The van der Waals surface area contributed by atoms with Crippen molar-refractivity contribution in [3.05, 3.63) is 17.7 Å². The molecule has 3 rings (SSSR count). The van der Waals surface area contributed by atoms with Gasteiger partial charge in [-0.05, 0) is 6.07 Å². The third kappa shape index (κ3) is 4.87. The van der Waals surface area contributed by atoms with Crippen LogP contribution in [0.3, 0.4) is 0 Å². The van der Waals surface area contributed by atoms with Crippen LogP contribution in [-0.2, 0) is 16.1 Å². The number of morpholine rings is 1. The molecule has 1 unspecified atom stereocenters. The lowest BCUT2D eigenvalue weighted by molar-refractivity contribution is -0.134. The SMILES string of the molecule is COc1ccc(CN2CCN(C(=O)CC3COCCN3)CC2)c(OC)c1OC. The van der Waals surface area contributed by atoms with Gasteiger partial charge < -0.3 is 29.2 Å². The Morgan fingerprint density at radius 1 is 1.11 bits per heavy atom. The fourth-order valence-electron chi connectivity index (χ4n) is 3.77. The average molecular weight is 393 g/mol. The zero-order valence-electron chi connectivity index (χ0n) is 17.0. The van der Waals surface area contributed by atoms with Crippen LogP contribution in [0.15, 0.2) is 12.1 Å². The number of nitrogens with one attached hydrogen (secondary N) is 1. The van der Waals surface area contributed by atoms with Gasteiger partial charge in [0.05, 0.1) is 34.5 Å². The molecule has 2 fully saturated rings. The lowest BCUT2D eigenvalue weighted by Crippen LogP contribution is -2.51. The molecule has 0 aromatic heterocycles. The van der Waals surface area contributed by atoms with E-state index in [9.17, 15) is 4.79 Å². The van der Waals surface area contributed by atoms with Gasteiger partial charge in [0.15, 0.2) is 11.5 Å². The Balaban J connectivity index is 1.55. The first-order chi connectivity index (χ1) is 13.7. The summed E-state index contributed by atoms with van der Waals surface area (Å²) < 4.78 is 21.8. The minimum atomic E-state index is 0.135. The molecule has 8 nitrogen and oxygen atoms in total. The zero-order chi connectivity index (χ0) is 19.9. The molecule has 1 N–H and O–H groups in total. The molecule has 0 bridgehead atoms. The third-order valence-electron chi connectivity index (χ3n) is 5.32. The van der Waals surface area contributed by atoms with Gasteiger partial charge in [0.25, 0.3) is 0 Å². The van der Waals surface area contributed by atoms with Gasteiger partial charge in [-0.3, -0.25) is 9.69 Å². The molecule has 0 radical (unpaired) electrons. The Bertz CT molecular complexity index is 655. The molecule has 2 aliphatic heterocycles. The number of nitrogens with zero attached hydrogens (tertiary/aromatic N) is 2. The first-order valence-corrected chi connectivity index (χ1v) is 9.75. The number of ether oxygens (including phenoxy) is 4. The highest BCUT2D eigenvalue weighted by molar-refractivity contribution is 5.77. The lowest BCUT2D eigenvalue weighted by atomic mass is 10.1. The van der Waals surface area contributed by atoms with Crippen molar-refractivity contribution in [3.8, 4) is 17.2 Å². The number of carbonyl (C=O) groups is 1. The quantitative estimate of drug-likeness (QED) is 0.732. The highest BCUT2D eigenvalue weighted by Crippen LogP contribution is 2.40. The van der Waals surface area contributed by atoms with Crippen molar-refractivity contribution in [2.45, 2.75) is 19.0 Å². The molecule has 0 aliphatic carbocycles. The van der Waals surface area contributed by atoms with Crippen LogP contribution in [0, 0.1) is 0 Å². The number of piperazine rings is 1. The maximum Gasteiger partial charge on any atom is 0.224 e. The van der Waals surface area contributed by atoms with E-state index in [-0.39, 0.29) is 11.9 Å². The molecule has 28 heavy (non-hydrogen) atoms. The Labute approximate surface area is 166 Å². The van der Waals surface area contributed by atoms with E-state index in [4.69, 9.17) is 18.9 Å². The molecule has 8 heteroatoms. The Hall–Kier alpha value is -2.03. The smallest absolute Gasteiger partial charge is 0.224 e. The molecular formula is C20H31N3O5. The molecule has 1 aromatic rings. The lowest BCUT2D eigenvalue weighted by Gasteiger charge is -2.36. The van der Waals surface area contributed by atoms with Gasteiger partial charge in [0.2, 0.25) is 11.7 Å². The first-order valence-electron chi connectivity index (χ1n) is 9.75. The van der Waals surface area contributed by atoms with Gasteiger partial charge in [0, 0.05) is 57.3 Å². The first kappa shape index (κ1) is 20.7. The molecule has 2 aliphatic rings. The number of methoxy groups -OCH3 is 3. The predicted molar refractivity (Wildman–Crippen MR) is 105 cm³/mol. The third-order valence-corrected chi connectivity index (χ3v) is 5.32. The van der Waals surface area contributed by atoms with Gasteiger partial charge in [-0.1, -0.05) is 6.07 Å². The summed E-state index contributed by atoms with van der Waals surface area (Å²) in [6, 6.07) is 4.04. The van der Waals surface area contributed by atoms with Crippen molar-refractivity contribution < 1.29 is 23.7 Å². The molecule has 2 saturated heterocycles. The van der Waals surface area contributed by atoms with Crippen LogP contribution >= 0.6 is 0 Å². The van der Waals surface area contributed by atoms with E-state index >= 15 is 0 Å². The zero-order valence-corrected chi connectivity index (χ0v) is 17.0. The molecule has 1 amide bonds. The van der Waals surface area contributed by atoms with Gasteiger partial charge >= 0.3 is 0 Å². The van der Waals surface area contributed by atoms with Gasteiger partial charge in [0.1, 0.15) is 0 Å². The van der Waals surface area contributed by atoms with Crippen molar-refractivity contribution in [2.24, 2.45) is 0 Å². The summed E-state index contributed by atoms with van der Waals surface area (Å²) in [7, 11) is 4.86. The second-order valence-corrected chi connectivity index (χ2v) is 7.08. The molecule has 1 aromatic carbocycles.